The zero-order valence-corrected chi connectivity index (χ0v) is 22.1. The van der Waals surface area contributed by atoms with Crippen LogP contribution in [0.2, 0.25) is 0 Å². The molecular formula is C28H22N6O6S. The van der Waals surface area contributed by atoms with E-state index in [9.17, 15) is 24.0 Å². The van der Waals surface area contributed by atoms with E-state index in [1.807, 2.05) is 48.5 Å². The SMILES string of the molecule is O=C(Cn1nc(-c2ccccc2)n(-c2ccccc2)c1=O)N/N=C\c1ccc(OC(=O)CC2SC(=O)NC2=O)cc1. The molecule has 0 aliphatic carbocycles. The molecule has 13 heteroatoms. The second-order valence-corrected chi connectivity index (χ2v) is 9.90. The molecule has 1 saturated heterocycles. The third-order valence-corrected chi connectivity index (χ3v) is 6.79. The zero-order valence-electron chi connectivity index (χ0n) is 21.3. The molecule has 1 aliphatic rings. The molecule has 1 atom stereocenters. The number of hydrazone groups is 1. The lowest BCUT2D eigenvalue weighted by atomic mass is 10.2. The molecule has 2 N–H and O–H groups in total. The topological polar surface area (TPSA) is 154 Å². The molecule has 41 heavy (non-hydrogen) atoms. The lowest BCUT2D eigenvalue weighted by Gasteiger charge is -2.06. The summed E-state index contributed by atoms with van der Waals surface area (Å²) in [5.41, 5.74) is 3.84. The van der Waals surface area contributed by atoms with Gasteiger partial charge in [-0.1, -0.05) is 60.3 Å². The molecule has 206 valence electrons. The van der Waals surface area contributed by atoms with E-state index in [2.05, 4.69) is 20.9 Å². The van der Waals surface area contributed by atoms with Crippen molar-refractivity contribution >= 4 is 41.0 Å². The quantitative estimate of drug-likeness (QED) is 0.135. The molecule has 1 fully saturated rings. The highest BCUT2D eigenvalue weighted by Gasteiger charge is 2.33. The van der Waals surface area contributed by atoms with Gasteiger partial charge in [0.15, 0.2) is 5.82 Å². The van der Waals surface area contributed by atoms with E-state index in [1.54, 1.807) is 24.3 Å². The number of para-hydroxylation sites is 1. The normalized spacial score (nSPS) is 14.7. The number of carbonyl (C=O) groups excluding carboxylic acids is 4. The summed E-state index contributed by atoms with van der Waals surface area (Å²) >= 11 is 0.751. The Hall–Kier alpha value is -5.30. The number of aromatic nitrogens is 3. The first-order chi connectivity index (χ1) is 19.9. The van der Waals surface area contributed by atoms with Crippen LogP contribution in [0.5, 0.6) is 5.75 Å². The predicted molar refractivity (Wildman–Crippen MR) is 151 cm³/mol. The smallest absolute Gasteiger partial charge is 0.351 e. The third kappa shape index (κ3) is 6.65. The Labute approximate surface area is 237 Å². The van der Waals surface area contributed by atoms with Gasteiger partial charge in [0.1, 0.15) is 17.5 Å². The van der Waals surface area contributed by atoms with Crippen molar-refractivity contribution in [3.8, 4) is 22.8 Å². The van der Waals surface area contributed by atoms with E-state index in [4.69, 9.17) is 4.74 Å². The molecule has 12 nitrogen and oxygen atoms in total. The average molecular weight is 571 g/mol. The van der Waals surface area contributed by atoms with Gasteiger partial charge in [-0.25, -0.2) is 19.5 Å². The molecule has 0 saturated carbocycles. The summed E-state index contributed by atoms with van der Waals surface area (Å²) < 4.78 is 7.73. The van der Waals surface area contributed by atoms with E-state index >= 15 is 0 Å². The minimum Gasteiger partial charge on any atom is -0.426 e. The lowest BCUT2D eigenvalue weighted by Crippen LogP contribution is -2.31. The molecular weight excluding hydrogens is 548 g/mol. The molecule has 4 aromatic rings. The molecule has 0 spiro atoms. The number of imide groups is 1. The Morgan fingerprint density at radius 3 is 2.32 bits per heavy atom. The van der Waals surface area contributed by atoms with Crippen molar-refractivity contribution in [1.82, 2.24) is 25.1 Å². The van der Waals surface area contributed by atoms with E-state index < -0.39 is 34.0 Å². The molecule has 2 heterocycles. The monoisotopic (exact) mass is 570 g/mol. The van der Waals surface area contributed by atoms with Crippen molar-refractivity contribution in [3.05, 3.63) is 101 Å². The number of benzene rings is 3. The Balaban J connectivity index is 1.20. The summed E-state index contributed by atoms with van der Waals surface area (Å²) in [7, 11) is 0. The number of rotatable bonds is 9. The fraction of sp³-hybridized carbons (Fsp3) is 0.107. The molecule has 1 unspecified atom stereocenters. The van der Waals surface area contributed by atoms with Gasteiger partial charge >= 0.3 is 11.7 Å². The second-order valence-electron chi connectivity index (χ2n) is 8.72. The van der Waals surface area contributed by atoms with Gasteiger partial charge in [-0.15, -0.1) is 5.10 Å². The minimum atomic E-state index is -0.807. The number of amides is 3. The van der Waals surface area contributed by atoms with Crippen LogP contribution in [0, 0.1) is 0 Å². The van der Waals surface area contributed by atoms with Crippen molar-refractivity contribution in [2.45, 2.75) is 18.2 Å². The van der Waals surface area contributed by atoms with Gasteiger partial charge in [0.2, 0.25) is 5.91 Å². The predicted octanol–water partition coefficient (Wildman–Crippen LogP) is 2.50. The molecule has 3 amide bonds. The fourth-order valence-electron chi connectivity index (χ4n) is 3.92. The van der Waals surface area contributed by atoms with Gasteiger partial charge in [-0.05, 0) is 42.0 Å². The molecule has 1 aliphatic heterocycles. The summed E-state index contributed by atoms with van der Waals surface area (Å²) in [5.74, 6) is -1.08. The van der Waals surface area contributed by atoms with E-state index in [0.29, 0.717) is 17.1 Å². The van der Waals surface area contributed by atoms with Crippen molar-refractivity contribution in [3.63, 3.8) is 0 Å². The van der Waals surface area contributed by atoms with Crippen molar-refractivity contribution in [2.75, 3.05) is 0 Å². The van der Waals surface area contributed by atoms with Crippen LogP contribution in [0.4, 0.5) is 4.79 Å². The van der Waals surface area contributed by atoms with Gasteiger partial charge in [0.25, 0.3) is 11.1 Å². The number of hydrogen-bond donors (Lipinski definition) is 2. The first-order valence-electron chi connectivity index (χ1n) is 12.3. The number of esters is 1. The van der Waals surface area contributed by atoms with Crippen LogP contribution in [0.3, 0.4) is 0 Å². The maximum absolute atomic E-state index is 13.2. The summed E-state index contributed by atoms with van der Waals surface area (Å²) in [5, 5.41) is 9.15. The van der Waals surface area contributed by atoms with Crippen molar-refractivity contribution in [2.24, 2.45) is 5.10 Å². The van der Waals surface area contributed by atoms with Crippen LogP contribution >= 0.6 is 11.8 Å². The highest BCUT2D eigenvalue weighted by atomic mass is 32.2. The molecule has 5 rings (SSSR count). The van der Waals surface area contributed by atoms with E-state index in [0.717, 1.165) is 22.0 Å². The summed E-state index contributed by atoms with van der Waals surface area (Å²) in [6, 6.07) is 24.5. The number of thioether (sulfide) groups is 1. The first kappa shape index (κ1) is 27.3. The Bertz CT molecular complexity index is 1680. The van der Waals surface area contributed by atoms with Crippen LogP contribution in [-0.4, -0.2) is 48.8 Å². The maximum Gasteiger partial charge on any atom is 0.351 e. The number of carbonyl (C=O) groups is 4. The number of ether oxygens (including phenoxy) is 1. The lowest BCUT2D eigenvalue weighted by molar-refractivity contribution is -0.135. The van der Waals surface area contributed by atoms with Crippen LogP contribution in [0.1, 0.15) is 12.0 Å². The van der Waals surface area contributed by atoms with Crippen molar-refractivity contribution in [1.29, 1.82) is 0 Å². The minimum absolute atomic E-state index is 0.239. The van der Waals surface area contributed by atoms with Crippen LogP contribution in [-0.2, 0) is 20.9 Å². The average Bonchev–Trinajstić information content (AvgIpc) is 3.47. The van der Waals surface area contributed by atoms with Gasteiger partial charge in [0, 0.05) is 5.56 Å². The standard InChI is InChI=1S/C28H22N6O6S/c35-23(17-33-28(39)34(20-9-5-2-6-10-20)25(32-33)19-7-3-1-4-8-19)31-29-16-18-11-13-21(14-12-18)40-24(36)15-22-26(37)30-27(38)41-22/h1-14,16,22H,15,17H2,(H,31,35)(H,30,37,38)/b29-16-. The number of nitrogens with zero attached hydrogens (tertiary/aromatic N) is 4. The zero-order chi connectivity index (χ0) is 28.8. The van der Waals surface area contributed by atoms with Gasteiger partial charge in [-0.3, -0.25) is 24.5 Å². The van der Waals surface area contributed by atoms with E-state index in [-0.39, 0.29) is 18.7 Å². The van der Waals surface area contributed by atoms with Crippen LogP contribution in [0.25, 0.3) is 17.1 Å². The number of nitrogens with one attached hydrogen (secondary N) is 2. The summed E-state index contributed by atoms with van der Waals surface area (Å²) in [4.78, 5) is 60.7. The third-order valence-electron chi connectivity index (χ3n) is 5.81. The summed E-state index contributed by atoms with van der Waals surface area (Å²) in [6.45, 7) is -0.354. The second kappa shape index (κ2) is 12.3. The molecule has 1 aromatic heterocycles. The Morgan fingerprint density at radius 2 is 1.66 bits per heavy atom. The molecule has 3 aromatic carbocycles. The fourth-order valence-corrected chi connectivity index (χ4v) is 4.72. The first-order valence-corrected chi connectivity index (χ1v) is 13.2. The highest BCUT2D eigenvalue weighted by molar-refractivity contribution is 8.15. The highest BCUT2D eigenvalue weighted by Crippen LogP contribution is 2.23. The van der Waals surface area contributed by atoms with Gasteiger partial charge < -0.3 is 4.74 Å². The molecule has 0 radical (unpaired) electrons. The molecule has 0 bridgehead atoms. The van der Waals surface area contributed by atoms with E-state index in [1.165, 1.54) is 22.9 Å². The largest absolute Gasteiger partial charge is 0.426 e. The Morgan fingerprint density at radius 1 is 0.976 bits per heavy atom. The van der Waals surface area contributed by atoms with Crippen molar-refractivity contribution < 1.29 is 23.9 Å². The Kier molecular flexibility index (Phi) is 8.15. The van der Waals surface area contributed by atoms with Crippen LogP contribution in [0.15, 0.2) is 94.8 Å². The van der Waals surface area contributed by atoms with Crippen LogP contribution < -0.4 is 21.2 Å². The number of hydrogen-bond acceptors (Lipinski definition) is 9. The van der Waals surface area contributed by atoms with Gasteiger partial charge in [0.05, 0.1) is 18.3 Å². The summed E-state index contributed by atoms with van der Waals surface area (Å²) in [6.07, 6.45) is 1.15. The van der Waals surface area contributed by atoms with Gasteiger partial charge in [-0.2, -0.15) is 5.10 Å². The maximum atomic E-state index is 13.2.